The lowest BCUT2D eigenvalue weighted by Crippen LogP contribution is -2.38. The fourth-order valence-corrected chi connectivity index (χ4v) is 4.57. The summed E-state index contributed by atoms with van der Waals surface area (Å²) in [5.41, 5.74) is 7.60. The average Bonchev–Trinajstić information content (AvgIpc) is 3.46. The highest BCUT2D eigenvalue weighted by Gasteiger charge is 2.46. The molecule has 1 saturated heterocycles. The molecule has 1 aromatic carbocycles. The summed E-state index contributed by atoms with van der Waals surface area (Å²) < 4.78 is 55.0. The minimum absolute atomic E-state index is 0.107. The second kappa shape index (κ2) is 10.00. The van der Waals surface area contributed by atoms with E-state index in [1.54, 1.807) is 16.5 Å². The van der Waals surface area contributed by atoms with Gasteiger partial charge in [0.2, 0.25) is 0 Å². The molecule has 4 heterocycles. The van der Waals surface area contributed by atoms with E-state index in [1.165, 1.54) is 17.2 Å². The standard InChI is InChI=1S/C25H27F3N6O2/c1-2-35-11-12-36-19-6-3-16-4-7-20(30-21(16)13-19)24-32-31-22-8-5-17(14-34(22)24)23(25(26,27)28)33-10-9-18(29)15-33/h3-8,13-14,18,23H,2,9-12,15,29H2,1H3/t18?,23-/m1/s1. The zero-order valence-corrected chi connectivity index (χ0v) is 19.8. The third-order valence-corrected chi connectivity index (χ3v) is 6.27. The molecule has 3 aromatic heterocycles. The van der Waals surface area contributed by atoms with Crippen LogP contribution in [0, 0.1) is 0 Å². The number of benzene rings is 1. The Balaban J connectivity index is 1.49. The van der Waals surface area contributed by atoms with Gasteiger partial charge < -0.3 is 15.2 Å². The van der Waals surface area contributed by atoms with E-state index in [-0.39, 0.29) is 18.2 Å². The SMILES string of the molecule is CCOCCOc1ccc2ccc(-c3nnc4ccc([C@@H](N5CCC(N)C5)C(F)(F)F)cn34)nc2c1. The molecule has 1 aliphatic heterocycles. The molecule has 190 valence electrons. The highest BCUT2D eigenvalue weighted by molar-refractivity contribution is 5.82. The monoisotopic (exact) mass is 500 g/mol. The molecule has 0 bridgehead atoms. The zero-order valence-electron chi connectivity index (χ0n) is 19.8. The van der Waals surface area contributed by atoms with Gasteiger partial charge in [-0.15, -0.1) is 10.2 Å². The first-order valence-electron chi connectivity index (χ1n) is 11.9. The summed E-state index contributed by atoms with van der Waals surface area (Å²) in [7, 11) is 0. The third kappa shape index (κ3) is 4.99. The molecule has 5 rings (SSSR count). The first-order valence-corrected chi connectivity index (χ1v) is 11.9. The lowest BCUT2D eigenvalue weighted by Gasteiger charge is -2.30. The number of likely N-dealkylation sites (tertiary alicyclic amines) is 1. The molecule has 36 heavy (non-hydrogen) atoms. The van der Waals surface area contributed by atoms with Gasteiger partial charge in [0.15, 0.2) is 11.5 Å². The van der Waals surface area contributed by atoms with Crippen LogP contribution in [-0.2, 0) is 4.74 Å². The van der Waals surface area contributed by atoms with Crippen LogP contribution in [0.1, 0.15) is 24.9 Å². The zero-order chi connectivity index (χ0) is 25.3. The normalized spacial score (nSPS) is 17.8. The van der Waals surface area contributed by atoms with E-state index in [0.717, 1.165) is 5.39 Å². The molecule has 2 N–H and O–H groups in total. The van der Waals surface area contributed by atoms with Crippen molar-refractivity contribution in [2.24, 2.45) is 5.73 Å². The molecule has 2 atom stereocenters. The number of ether oxygens (including phenoxy) is 2. The van der Waals surface area contributed by atoms with Crippen molar-refractivity contribution in [1.29, 1.82) is 0 Å². The Morgan fingerprint density at radius 3 is 2.69 bits per heavy atom. The average molecular weight is 501 g/mol. The molecule has 11 heteroatoms. The summed E-state index contributed by atoms with van der Waals surface area (Å²) in [6, 6.07) is 10.2. The van der Waals surface area contributed by atoms with Gasteiger partial charge in [0.25, 0.3) is 0 Å². The summed E-state index contributed by atoms with van der Waals surface area (Å²) >= 11 is 0. The summed E-state index contributed by atoms with van der Waals surface area (Å²) in [5.74, 6) is 1.01. The minimum atomic E-state index is -4.45. The van der Waals surface area contributed by atoms with Crippen LogP contribution in [0.4, 0.5) is 13.2 Å². The summed E-state index contributed by atoms with van der Waals surface area (Å²) in [5, 5.41) is 9.26. The van der Waals surface area contributed by atoms with Gasteiger partial charge in [-0.1, -0.05) is 12.1 Å². The molecule has 8 nitrogen and oxygen atoms in total. The maximum atomic E-state index is 14.1. The molecular weight excluding hydrogens is 473 g/mol. The van der Waals surface area contributed by atoms with Crippen molar-refractivity contribution in [2.45, 2.75) is 31.6 Å². The Bertz CT molecular complexity index is 1360. The van der Waals surface area contributed by atoms with E-state index in [1.807, 2.05) is 31.2 Å². The largest absolute Gasteiger partial charge is 0.491 e. The fraction of sp³-hybridized carbons (Fsp3) is 0.400. The van der Waals surface area contributed by atoms with Gasteiger partial charge in [0.05, 0.1) is 12.1 Å². The number of alkyl halides is 3. The van der Waals surface area contributed by atoms with Gasteiger partial charge in [-0.25, -0.2) is 4.98 Å². The molecular formula is C25H27F3N6O2. The van der Waals surface area contributed by atoms with Crippen molar-refractivity contribution in [2.75, 3.05) is 32.9 Å². The highest BCUT2D eigenvalue weighted by atomic mass is 19.4. The van der Waals surface area contributed by atoms with E-state index < -0.39 is 12.2 Å². The van der Waals surface area contributed by atoms with Crippen LogP contribution in [0.15, 0.2) is 48.7 Å². The molecule has 1 fully saturated rings. The molecule has 4 aromatic rings. The first-order chi connectivity index (χ1) is 17.3. The van der Waals surface area contributed by atoms with E-state index in [2.05, 4.69) is 10.2 Å². The lowest BCUT2D eigenvalue weighted by molar-refractivity contribution is -0.183. The van der Waals surface area contributed by atoms with Crippen LogP contribution in [0.3, 0.4) is 0 Å². The predicted octanol–water partition coefficient (Wildman–Crippen LogP) is 4.00. The van der Waals surface area contributed by atoms with E-state index >= 15 is 0 Å². The van der Waals surface area contributed by atoms with Crippen LogP contribution in [-0.4, -0.2) is 69.6 Å². The fourth-order valence-electron chi connectivity index (χ4n) is 4.57. The van der Waals surface area contributed by atoms with E-state index in [9.17, 15) is 13.2 Å². The van der Waals surface area contributed by atoms with Crippen LogP contribution in [0.2, 0.25) is 0 Å². The van der Waals surface area contributed by atoms with Crippen LogP contribution in [0.25, 0.3) is 28.1 Å². The second-order valence-electron chi connectivity index (χ2n) is 8.80. The van der Waals surface area contributed by atoms with Crippen LogP contribution in [0.5, 0.6) is 5.75 Å². The van der Waals surface area contributed by atoms with Gasteiger partial charge in [-0.3, -0.25) is 9.30 Å². The Morgan fingerprint density at radius 2 is 1.94 bits per heavy atom. The minimum Gasteiger partial charge on any atom is -0.491 e. The number of hydrogen-bond acceptors (Lipinski definition) is 7. The van der Waals surface area contributed by atoms with Gasteiger partial charge >= 0.3 is 6.18 Å². The smallest absolute Gasteiger partial charge is 0.408 e. The van der Waals surface area contributed by atoms with Crippen molar-refractivity contribution >= 4 is 16.6 Å². The number of pyridine rings is 2. The third-order valence-electron chi connectivity index (χ3n) is 6.27. The Labute approximate surface area is 205 Å². The quantitative estimate of drug-likeness (QED) is 0.366. The van der Waals surface area contributed by atoms with Gasteiger partial charge in [-0.2, -0.15) is 13.2 Å². The van der Waals surface area contributed by atoms with Crippen molar-refractivity contribution in [3.8, 4) is 17.3 Å². The van der Waals surface area contributed by atoms with Crippen molar-refractivity contribution < 1.29 is 22.6 Å². The van der Waals surface area contributed by atoms with Gasteiger partial charge in [0, 0.05) is 43.4 Å². The molecule has 0 aliphatic carbocycles. The number of hydrogen-bond donors (Lipinski definition) is 1. The summed E-state index contributed by atoms with van der Waals surface area (Å²) in [4.78, 5) is 6.09. The van der Waals surface area contributed by atoms with Crippen molar-refractivity contribution in [3.05, 3.63) is 54.2 Å². The lowest BCUT2D eigenvalue weighted by atomic mass is 10.1. The van der Waals surface area contributed by atoms with Crippen LogP contribution < -0.4 is 10.5 Å². The number of aromatic nitrogens is 4. The highest BCUT2D eigenvalue weighted by Crippen LogP contribution is 2.39. The van der Waals surface area contributed by atoms with Crippen LogP contribution >= 0.6 is 0 Å². The van der Waals surface area contributed by atoms with Gasteiger partial charge in [-0.05, 0) is 43.2 Å². The summed E-state index contributed by atoms with van der Waals surface area (Å²) in [6.45, 7) is 3.92. The molecule has 0 saturated carbocycles. The Morgan fingerprint density at radius 1 is 1.11 bits per heavy atom. The van der Waals surface area contributed by atoms with Crippen molar-refractivity contribution in [1.82, 2.24) is 24.5 Å². The number of rotatable bonds is 8. The number of halogens is 3. The van der Waals surface area contributed by atoms with Gasteiger partial charge in [0.1, 0.15) is 24.1 Å². The molecule has 1 unspecified atom stereocenters. The molecule has 1 aliphatic rings. The Kier molecular flexibility index (Phi) is 6.78. The van der Waals surface area contributed by atoms with Crippen molar-refractivity contribution in [3.63, 3.8) is 0 Å². The topological polar surface area (TPSA) is 90.8 Å². The molecule has 0 amide bonds. The predicted molar refractivity (Wildman–Crippen MR) is 129 cm³/mol. The maximum absolute atomic E-state index is 14.1. The van der Waals surface area contributed by atoms with E-state index in [0.29, 0.717) is 61.2 Å². The molecule has 0 radical (unpaired) electrons. The summed E-state index contributed by atoms with van der Waals surface area (Å²) in [6.07, 6.45) is -2.47. The maximum Gasteiger partial charge on any atom is 0.408 e. The Hall–Kier alpha value is -3.28. The number of nitrogens with two attached hydrogens (primary N) is 1. The van der Waals surface area contributed by atoms with E-state index in [4.69, 9.17) is 20.2 Å². The number of nitrogens with zero attached hydrogens (tertiary/aromatic N) is 5. The number of fused-ring (bicyclic) bond motifs is 2. The first kappa shape index (κ1) is 24.4. The molecule has 0 spiro atoms. The second-order valence-corrected chi connectivity index (χ2v) is 8.80.